The van der Waals surface area contributed by atoms with Crippen LogP contribution in [0.3, 0.4) is 0 Å². The highest BCUT2D eigenvalue weighted by molar-refractivity contribution is 7.89. The third kappa shape index (κ3) is 4.50. The highest BCUT2D eigenvalue weighted by atomic mass is 32.2. The predicted octanol–water partition coefficient (Wildman–Crippen LogP) is 2.54. The second kappa shape index (κ2) is 8.64. The molecule has 1 aliphatic heterocycles. The Kier molecular flexibility index (Phi) is 5.77. The lowest BCUT2D eigenvalue weighted by molar-refractivity contribution is -0.118. The monoisotopic (exact) mass is 428 g/mol. The van der Waals surface area contributed by atoms with Gasteiger partial charge in [-0.15, -0.1) is 10.2 Å². The standard InChI is InChI=1S/C20H20N4O5S/c25-19(13-28-17-7-3-15(4-8-17)20-23-21-14-29-20)22-16-5-9-18(10-6-16)30(26,27)24-11-1-2-12-24/h3-10,14H,1-2,11-13H2,(H,22,25). The minimum absolute atomic E-state index is 0.187. The molecule has 2 aromatic carbocycles. The molecule has 1 aliphatic rings. The predicted molar refractivity (Wildman–Crippen MR) is 108 cm³/mol. The Balaban J connectivity index is 1.31. The Morgan fingerprint density at radius 3 is 2.40 bits per heavy atom. The number of nitrogens with one attached hydrogen (secondary N) is 1. The fourth-order valence-electron chi connectivity index (χ4n) is 3.13. The SMILES string of the molecule is O=C(COc1ccc(-c2nnco2)cc1)Nc1ccc(S(=O)(=O)N2CCCC2)cc1. The first-order chi connectivity index (χ1) is 14.5. The van der Waals surface area contributed by atoms with Crippen LogP contribution in [0.4, 0.5) is 5.69 Å². The van der Waals surface area contributed by atoms with Crippen molar-refractivity contribution in [3.05, 3.63) is 54.9 Å². The van der Waals surface area contributed by atoms with Gasteiger partial charge in [-0.25, -0.2) is 8.42 Å². The molecule has 0 radical (unpaired) electrons. The van der Waals surface area contributed by atoms with E-state index >= 15 is 0 Å². The van der Waals surface area contributed by atoms with Crippen LogP contribution in [0.15, 0.2) is 64.2 Å². The smallest absolute Gasteiger partial charge is 0.262 e. The summed E-state index contributed by atoms with van der Waals surface area (Å²) in [4.78, 5) is 12.4. The molecule has 0 aliphatic carbocycles. The number of nitrogens with zero attached hydrogens (tertiary/aromatic N) is 3. The van der Waals surface area contributed by atoms with E-state index in [-0.39, 0.29) is 17.4 Å². The van der Waals surface area contributed by atoms with Crippen LogP contribution in [0.25, 0.3) is 11.5 Å². The minimum atomic E-state index is -3.47. The van der Waals surface area contributed by atoms with Gasteiger partial charge >= 0.3 is 0 Å². The number of hydrogen-bond acceptors (Lipinski definition) is 7. The van der Waals surface area contributed by atoms with Gasteiger partial charge in [0.2, 0.25) is 22.3 Å². The van der Waals surface area contributed by atoms with E-state index in [4.69, 9.17) is 9.15 Å². The van der Waals surface area contributed by atoms with Crippen molar-refractivity contribution < 1.29 is 22.4 Å². The molecule has 156 valence electrons. The van der Waals surface area contributed by atoms with Crippen LogP contribution >= 0.6 is 0 Å². The molecule has 0 unspecified atom stereocenters. The molecule has 0 bridgehead atoms. The molecule has 1 N–H and O–H groups in total. The first-order valence-corrected chi connectivity index (χ1v) is 10.9. The zero-order chi connectivity index (χ0) is 21.0. The molecule has 1 aromatic heterocycles. The number of aromatic nitrogens is 2. The average molecular weight is 428 g/mol. The van der Waals surface area contributed by atoms with Crippen LogP contribution in [-0.2, 0) is 14.8 Å². The van der Waals surface area contributed by atoms with Crippen LogP contribution in [0.5, 0.6) is 5.75 Å². The number of carbonyl (C=O) groups is 1. The molecule has 3 aromatic rings. The van der Waals surface area contributed by atoms with Crippen LogP contribution in [0.2, 0.25) is 0 Å². The molecule has 10 heteroatoms. The van der Waals surface area contributed by atoms with Crippen molar-refractivity contribution in [1.29, 1.82) is 0 Å². The minimum Gasteiger partial charge on any atom is -0.484 e. The maximum atomic E-state index is 12.5. The van der Waals surface area contributed by atoms with Gasteiger partial charge in [0.1, 0.15) is 5.75 Å². The van der Waals surface area contributed by atoms with Gasteiger partial charge in [0.15, 0.2) is 6.61 Å². The Bertz CT molecular complexity index is 1090. The Labute approximate surface area is 173 Å². The summed E-state index contributed by atoms with van der Waals surface area (Å²) in [7, 11) is -3.47. The van der Waals surface area contributed by atoms with Crippen LogP contribution in [-0.4, -0.2) is 48.5 Å². The Morgan fingerprint density at radius 2 is 1.77 bits per heavy atom. The number of rotatable bonds is 7. The first-order valence-electron chi connectivity index (χ1n) is 9.42. The zero-order valence-corrected chi connectivity index (χ0v) is 16.8. The molecular weight excluding hydrogens is 408 g/mol. The van der Waals surface area contributed by atoms with E-state index in [0.29, 0.717) is 30.4 Å². The average Bonchev–Trinajstić information content (AvgIpc) is 3.47. The zero-order valence-electron chi connectivity index (χ0n) is 16.0. The Morgan fingerprint density at radius 1 is 1.07 bits per heavy atom. The summed E-state index contributed by atoms with van der Waals surface area (Å²) in [6.45, 7) is 0.913. The van der Waals surface area contributed by atoms with Crippen molar-refractivity contribution in [3.63, 3.8) is 0 Å². The lowest BCUT2D eigenvalue weighted by atomic mass is 10.2. The van der Waals surface area contributed by atoms with Crippen LogP contribution < -0.4 is 10.1 Å². The summed E-state index contributed by atoms with van der Waals surface area (Å²) >= 11 is 0. The largest absolute Gasteiger partial charge is 0.484 e. The highest BCUT2D eigenvalue weighted by Gasteiger charge is 2.26. The fourth-order valence-corrected chi connectivity index (χ4v) is 4.64. The summed E-state index contributed by atoms with van der Waals surface area (Å²) in [5, 5.41) is 10.1. The molecule has 0 spiro atoms. The molecule has 1 amide bonds. The van der Waals surface area contributed by atoms with Gasteiger partial charge in [-0.3, -0.25) is 4.79 Å². The van der Waals surface area contributed by atoms with E-state index in [2.05, 4.69) is 15.5 Å². The maximum Gasteiger partial charge on any atom is 0.262 e. The number of benzene rings is 2. The highest BCUT2D eigenvalue weighted by Crippen LogP contribution is 2.23. The van der Waals surface area contributed by atoms with Crippen molar-refractivity contribution in [2.45, 2.75) is 17.7 Å². The van der Waals surface area contributed by atoms with Gasteiger partial charge in [-0.1, -0.05) is 0 Å². The topological polar surface area (TPSA) is 115 Å². The summed E-state index contributed by atoms with van der Waals surface area (Å²) in [6, 6.07) is 13.0. The second-order valence-corrected chi connectivity index (χ2v) is 8.68. The summed E-state index contributed by atoms with van der Waals surface area (Å²) in [6.07, 6.45) is 3.01. The van der Waals surface area contributed by atoms with Crippen LogP contribution in [0.1, 0.15) is 12.8 Å². The number of ether oxygens (including phenoxy) is 1. The Hall–Kier alpha value is -3.24. The van der Waals surface area contributed by atoms with E-state index in [0.717, 1.165) is 18.4 Å². The van der Waals surface area contributed by atoms with Gasteiger partial charge < -0.3 is 14.5 Å². The van der Waals surface area contributed by atoms with Gasteiger partial charge in [0, 0.05) is 24.3 Å². The third-order valence-corrected chi connectivity index (χ3v) is 6.58. The third-order valence-electron chi connectivity index (χ3n) is 4.67. The molecule has 2 heterocycles. The van der Waals surface area contributed by atoms with Gasteiger partial charge in [0.25, 0.3) is 5.91 Å². The first kappa shape index (κ1) is 20.0. The van der Waals surface area contributed by atoms with E-state index < -0.39 is 10.0 Å². The number of hydrogen-bond donors (Lipinski definition) is 1. The van der Waals surface area contributed by atoms with E-state index in [9.17, 15) is 13.2 Å². The van der Waals surface area contributed by atoms with E-state index in [1.807, 2.05) is 0 Å². The number of carbonyl (C=O) groups excluding carboxylic acids is 1. The maximum absolute atomic E-state index is 12.5. The molecule has 30 heavy (non-hydrogen) atoms. The molecule has 0 atom stereocenters. The summed E-state index contributed by atoms with van der Waals surface area (Å²) in [5.41, 5.74) is 1.24. The lowest BCUT2D eigenvalue weighted by Crippen LogP contribution is -2.27. The van der Waals surface area contributed by atoms with Crippen molar-refractivity contribution in [2.75, 3.05) is 25.0 Å². The second-order valence-electron chi connectivity index (χ2n) is 6.74. The van der Waals surface area contributed by atoms with Crippen molar-refractivity contribution in [1.82, 2.24) is 14.5 Å². The van der Waals surface area contributed by atoms with Crippen molar-refractivity contribution >= 4 is 21.6 Å². The van der Waals surface area contributed by atoms with E-state index in [1.165, 1.54) is 22.8 Å². The van der Waals surface area contributed by atoms with Crippen molar-refractivity contribution in [3.8, 4) is 17.2 Å². The van der Waals surface area contributed by atoms with Crippen LogP contribution in [0, 0.1) is 0 Å². The molecule has 4 rings (SSSR count). The molecule has 1 fully saturated rings. The molecule has 0 saturated carbocycles. The molecule has 9 nitrogen and oxygen atoms in total. The molecular formula is C20H20N4O5S. The normalized spacial score (nSPS) is 14.5. The number of amides is 1. The number of sulfonamides is 1. The fraction of sp³-hybridized carbons (Fsp3) is 0.250. The quantitative estimate of drug-likeness (QED) is 0.615. The lowest BCUT2D eigenvalue weighted by Gasteiger charge is -2.15. The van der Waals surface area contributed by atoms with Crippen molar-refractivity contribution in [2.24, 2.45) is 0 Å². The molecule has 1 saturated heterocycles. The van der Waals surface area contributed by atoms with Gasteiger partial charge in [0.05, 0.1) is 4.90 Å². The summed E-state index contributed by atoms with van der Waals surface area (Å²) in [5.74, 6) is 0.557. The summed E-state index contributed by atoms with van der Waals surface area (Å²) < 4.78 is 37.1. The number of anilines is 1. The van der Waals surface area contributed by atoms with E-state index in [1.54, 1.807) is 36.4 Å². The van der Waals surface area contributed by atoms with Gasteiger partial charge in [-0.2, -0.15) is 4.31 Å². The van der Waals surface area contributed by atoms with Gasteiger partial charge in [-0.05, 0) is 61.4 Å².